The molecule has 0 saturated heterocycles. The van der Waals surface area contributed by atoms with Gasteiger partial charge in [-0.2, -0.15) is 0 Å². The van der Waals surface area contributed by atoms with Crippen LogP contribution in [0.4, 0.5) is 5.82 Å². The highest BCUT2D eigenvalue weighted by atomic mass is 31.2. The van der Waals surface area contributed by atoms with Gasteiger partial charge in [0.1, 0.15) is 6.26 Å². The predicted octanol–water partition coefficient (Wildman–Crippen LogP) is 4.63. The molecule has 0 bridgehead atoms. The fourth-order valence-electron chi connectivity index (χ4n) is 1.98. The van der Waals surface area contributed by atoms with E-state index in [2.05, 4.69) is 10.2 Å². The van der Waals surface area contributed by atoms with Crippen molar-refractivity contribution >= 4 is 13.6 Å². The Labute approximate surface area is 140 Å². The number of nitrogens with zero attached hydrogens (tertiary/aromatic N) is 1. The molecule has 1 heterocycles. The first-order valence-corrected chi connectivity index (χ1v) is 8.93. The molecule has 3 rings (SSSR count). The molecule has 3 aromatic rings. The molecule has 0 atom stereocenters. The van der Waals surface area contributed by atoms with E-state index in [1.54, 1.807) is 6.07 Å². The van der Waals surface area contributed by atoms with Gasteiger partial charge in [0.15, 0.2) is 5.82 Å². The molecule has 0 radical (unpaired) electrons. The lowest BCUT2D eigenvalue weighted by Gasteiger charge is -2.18. The highest BCUT2D eigenvalue weighted by Gasteiger charge is 2.26. The Morgan fingerprint density at radius 1 is 0.875 bits per heavy atom. The molecular weight excluding hydrogens is 327 g/mol. The van der Waals surface area contributed by atoms with Crippen LogP contribution in [0.15, 0.2) is 77.5 Å². The minimum Gasteiger partial charge on any atom is -0.363 e. The predicted molar refractivity (Wildman–Crippen MR) is 90.2 cm³/mol. The van der Waals surface area contributed by atoms with Gasteiger partial charge in [-0.1, -0.05) is 65.8 Å². The van der Waals surface area contributed by atoms with Crippen LogP contribution in [0.2, 0.25) is 0 Å². The molecule has 0 aliphatic carbocycles. The van der Waals surface area contributed by atoms with Crippen molar-refractivity contribution in [2.24, 2.45) is 0 Å². The third-order valence-corrected chi connectivity index (χ3v) is 4.62. The van der Waals surface area contributed by atoms with Gasteiger partial charge >= 0.3 is 7.75 Å². The van der Waals surface area contributed by atoms with E-state index >= 15 is 0 Å². The fraction of sp³-hybridized carbons (Fsp3) is 0.118. The largest absolute Gasteiger partial charge is 0.434 e. The Bertz CT molecular complexity index is 731. The van der Waals surface area contributed by atoms with Crippen molar-refractivity contribution < 1.29 is 18.1 Å². The van der Waals surface area contributed by atoms with Crippen LogP contribution < -0.4 is 5.09 Å². The van der Waals surface area contributed by atoms with Gasteiger partial charge in [-0.15, -0.1) is 0 Å². The summed E-state index contributed by atoms with van der Waals surface area (Å²) < 4.78 is 28.8. The molecule has 0 aliphatic rings. The van der Waals surface area contributed by atoms with Crippen molar-refractivity contribution in [1.82, 2.24) is 5.16 Å². The van der Waals surface area contributed by atoms with Crippen LogP contribution in [0.1, 0.15) is 11.1 Å². The van der Waals surface area contributed by atoms with Gasteiger partial charge < -0.3 is 4.52 Å². The zero-order valence-electron chi connectivity index (χ0n) is 12.9. The van der Waals surface area contributed by atoms with Gasteiger partial charge in [-0.3, -0.25) is 14.1 Å². The average molecular weight is 344 g/mol. The first kappa shape index (κ1) is 16.5. The fourth-order valence-corrected chi connectivity index (χ4v) is 3.22. The van der Waals surface area contributed by atoms with Crippen molar-refractivity contribution in [2.75, 3.05) is 5.09 Å². The molecule has 6 nitrogen and oxygen atoms in total. The van der Waals surface area contributed by atoms with Crippen LogP contribution in [0.5, 0.6) is 0 Å². The Hall–Kier alpha value is -2.40. The number of rotatable bonds is 8. The third-order valence-electron chi connectivity index (χ3n) is 3.18. The van der Waals surface area contributed by atoms with Crippen LogP contribution in [-0.4, -0.2) is 5.16 Å². The maximum Gasteiger partial charge on any atom is 0.434 e. The number of hydrogen-bond acceptors (Lipinski definition) is 5. The summed E-state index contributed by atoms with van der Waals surface area (Å²) in [6.07, 6.45) is 1.38. The molecule has 1 aromatic heterocycles. The Morgan fingerprint density at radius 3 is 1.88 bits per heavy atom. The molecule has 0 spiro atoms. The molecule has 0 fully saturated rings. The van der Waals surface area contributed by atoms with E-state index in [1.807, 2.05) is 60.7 Å². The Morgan fingerprint density at radius 2 is 1.42 bits per heavy atom. The minimum atomic E-state index is -3.61. The number of aromatic nitrogens is 1. The molecule has 24 heavy (non-hydrogen) atoms. The average Bonchev–Trinajstić information content (AvgIpc) is 3.13. The summed E-state index contributed by atoms with van der Waals surface area (Å²) in [7, 11) is -3.61. The zero-order valence-corrected chi connectivity index (χ0v) is 13.8. The van der Waals surface area contributed by atoms with Crippen LogP contribution in [0, 0.1) is 0 Å². The first-order valence-electron chi connectivity index (χ1n) is 7.39. The molecule has 1 N–H and O–H groups in total. The van der Waals surface area contributed by atoms with E-state index in [9.17, 15) is 4.57 Å². The number of anilines is 1. The van der Waals surface area contributed by atoms with Gasteiger partial charge in [0.25, 0.3) is 0 Å². The highest BCUT2D eigenvalue weighted by molar-refractivity contribution is 7.55. The maximum absolute atomic E-state index is 13.0. The molecule has 0 amide bonds. The first-order chi connectivity index (χ1) is 11.7. The van der Waals surface area contributed by atoms with Crippen molar-refractivity contribution in [3.05, 3.63) is 84.1 Å². The minimum absolute atomic E-state index is 0.151. The summed E-state index contributed by atoms with van der Waals surface area (Å²) in [5.74, 6) is 0.291. The van der Waals surface area contributed by atoms with E-state index < -0.39 is 7.75 Å². The summed E-state index contributed by atoms with van der Waals surface area (Å²) in [6, 6.07) is 20.5. The summed E-state index contributed by atoms with van der Waals surface area (Å²) in [5.41, 5.74) is 1.78. The second-order valence-corrected chi connectivity index (χ2v) is 6.75. The van der Waals surface area contributed by atoms with Crippen molar-refractivity contribution in [1.29, 1.82) is 0 Å². The van der Waals surface area contributed by atoms with Gasteiger partial charge in [-0.05, 0) is 11.1 Å². The number of benzene rings is 2. The van der Waals surface area contributed by atoms with Crippen molar-refractivity contribution in [3.8, 4) is 0 Å². The normalized spacial score (nSPS) is 11.3. The van der Waals surface area contributed by atoms with Crippen LogP contribution in [0.3, 0.4) is 0 Å². The summed E-state index contributed by atoms with van der Waals surface area (Å²) in [5, 5.41) is 6.38. The lowest BCUT2D eigenvalue weighted by atomic mass is 10.2. The third kappa shape index (κ3) is 4.80. The van der Waals surface area contributed by atoms with E-state index in [0.717, 1.165) is 11.1 Å². The summed E-state index contributed by atoms with van der Waals surface area (Å²) in [6.45, 7) is 0.301. The number of hydrogen-bond donors (Lipinski definition) is 1. The van der Waals surface area contributed by atoms with E-state index in [-0.39, 0.29) is 13.2 Å². The second kappa shape index (κ2) is 7.93. The lowest BCUT2D eigenvalue weighted by Crippen LogP contribution is -2.06. The van der Waals surface area contributed by atoms with E-state index in [4.69, 9.17) is 13.6 Å². The van der Waals surface area contributed by atoms with Gasteiger partial charge in [0.05, 0.1) is 13.2 Å². The smallest absolute Gasteiger partial charge is 0.363 e. The molecule has 124 valence electrons. The van der Waals surface area contributed by atoms with E-state index in [0.29, 0.717) is 5.82 Å². The lowest BCUT2D eigenvalue weighted by molar-refractivity contribution is 0.195. The Kier molecular flexibility index (Phi) is 5.43. The molecule has 7 heteroatoms. The molecule has 0 unspecified atom stereocenters. The monoisotopic (exact) mass is 344 g/mol. The summed E-state index contributed by atoms with van der Waals surface area (Å²) in [4.78, 5) is 0. The van der Waals surface area contributed by atoms with Crippen molar-refractivity contribution in [2.45, 2.75) is 13.2 Å². The molecule has 0 aliphatic heterocycles. The topological polar surface area (TPSA) is 73.6 Å². The second-order valence-electron chi connectivity index (χ2n) is 5.01. The van der Waals surface area contributed by atoms with Gasteiger partial charge in [0, 0.05) is 6.07 Å². The highest BCUT2D eigenvalue weighted by Crippen LogP contribution is 2.49. The summed E-state index contributed by atoms with van der Waals surface area (Å²) >= 11 is 0. The molecule has 2 aromatic carbocycles. The maximum atomic E-state index is 13.0. The standard InChI is InChI=1S/C17H17N2O4P/c20-24(19-17-11-12-21-18-17,22-13-15-7-3-1-4-8-15)23-14-16-9-5-2-6-10-16/h1-12H,13-14H2,(H,18,19,20). The van der Waals surface area contributed by atoms with Crippen LogP contribution >= 0.6 is 7.75 Å². The molecular formula is C17H17N2O4P. The zero-order chi connectivity index (χ0) is 16.7. The van der Waals surface area contributed by atoms with E-state index in [1.165, 1.54) is 6.26 Å². The Balaban J connectivity index is 1.69. The molecule has 0 saturated carbocycles. The van der Waals surface area contributed by atoms with Gasteiger partial charge in [-0.25, -0.2) is 4.57 Å². The van der Waals surface area contributed by atoms with Gasteiger partial charge in [0.2, 0.25) is 0 Å². The van der Waals surface area contributed by atoms with Crippen molar-refractivity contribution in [3.63, 3.8) is 0 Å². The van der Waals surface area contributed by atoms with Crippen LogP contribution in [0.25, 0.3) is 0 Å². The quantitative estimate of drug-likeness (QED) is 0.601. The SMILES string of the molecule is O=P(Nc1ccon1)(OCc1ccccc1)OCc1ccccc1. The van der Waals surface area contributed by atoms with Crippen LogP contribution in [-0.2, 0) is 26.8 Å². The number of nitrogens with one attached hydrogen (secondary N) is 1.